The van der Waals surface area contributed by atoms with Gasteiger partial charge in [-0.05, 0) is 31.2 Å². The molecule has 1 saturated carbocycles. The third kappa shape index (κ3) is 2.21. The Hall–Kier alpha value is -1.45. The van der Waals surface area contributed by atoms with Crippen molar-refractivity contribution >= 4 is 11.6 Å². The van der Waals surface area contributed by atoms with Crippen molar-refractivity contribution in [2.45, 2.75) is 26.8 Å². The normalized spacial score (nSPS) is 23.1. The molecule has 4 nitrogen and oxygen atoms in total. The van der Waals surface area contributed by atoms with Gasteiger partial charge in [-0.3, -0.25) is 4.79 Å². The first-order valence-electron chi connectivity index (χ1n) is 5.85. The molecule has 2 rings (SSSR count). The number of nitrogen functional groups attached to an aromatic ring is 1. The topological polar surface area (TPSA) is 60.0 Å². The summed E-state index contributed by atoms with van der Waals surface area (Å²) in [7, 11) is 0. The van der Waals surface area contributed by atoms with Crippen LogP contribution in [0.5, 0.6) is 0 Å². The number of nitrogens with zero attached hydrogens (tertiary/aromatic N) is 1. The van der Waals surface area contributed by atoms with Crippen molar-refractivity contribution in [2.24, 2.45) is 11.8 Å². The first-order chi connectivity index (χ1) is 7.61. The molecule has 1 heterocycles. The summed E-state index contributed by atoms with van der Waals surface area (Å²) in [4.78, 5) is 11.9. The third-order valence-electron chi connectivity index (χ3n) is 3.29. The lowest BCUT2D eigenvalue weighted by atomic mass is 10.3. The molecule has 88 valence electrons. The maximum Gasteiger partial charge on any atom is 0.267 e. The van der Waals surface area contributed by atoms with Crippen molar-refractivity contribution in [2.75, 3.05) is 12.3 Å². The summed E-state index contributed by atoms with van der Waals surface area (Å²) < 4.78 is 1.88. The molecule has 0 aromatic carbocycles. The van der Waals surface area contributed by atoms with Crippen LogP contribution in [0.15, 0.2) is 12.3 Å². The van der Waals surface area contributed by atoms with Crippen LogP contribution < -0.4 is 11.1 Å². The Labute approximate surface area is 95.8 Å². The molecular formula is C12H19N3O. The predicted molar refractivity (Wildman–Crippen MR) is 64.1 cm³/mol. The van der Waals surface area contributed by atoms with Crippen molar-refractivity contribution in [3.05, 3.63) is 18.0 Å². The Morgan fingerprint density at radius 2 is 2.38 bits per heavy atom. The van der Waals surface area contributed by atoms with E-state index in [0.29, 0.717) is 17.3 Å². The predicted octanol–water partition coefficient (Wildman–Crippen LogP) is 1.48. The van der Waals surface area contributed by atoms with Crippen molar-refractivity contribution in [1.29, 1.82) is 0 Å². The Bertz CT molecular complexity index is 397. The molecule has 4 heteroatoms. The molecule has 1 aliphatic carbocycles. The molecule has 0 saturated heterocycles. The average Bonchev–Trinajstić information content (AvgIpc) is 2.81. The number of nitrogens with one attached hydrogen (secondary N) is 1. The van der Waals surface area contributed by atoms with Crippen LogP contribution >= 0.6 is 0 Å². The van der Waals surface area contributed by atoms with E-state index in [1.807, 2.05) is 11.5 Å². The van der Waals surface area contributed by atoms with E-state index >= 15 is 0 Å². The number of aromatic nitrogens is 1. The molecule has 16 heavy (non-hydrogen) atoms. The lowest BCUT2D eigenvalue weighted by Crippen LogP contribution is -2.27. The molecule has 1 fully saturated rings. The molecule has 0 bridgehead atoms. The number of carbonyl (C=O) groups excluding carboxylic acids is 1. The quantitative estimate of drug-likeness (QED) is 0.809. The molecule has 2 atom stereocenters. The molecule has 1 aromatic heterocycles. The fourth-order valence-corrected chi connectivity index (χ4v) is 1.98. The van der Waals surface area contributed by atoms with Crippen LogP contribution in [0, 0.1) is 11.8 Å². The van der Waals surface area contributed by atoms with Crippen molar-refractivity contribution in [3.63, 3.8) is 0 Å². The molecule has 0 aliphatic heterocycles. The fourth-order valence-electron chi connectivity index (χ4n) is 1.98. The number of nitrogens with two attached hydrogens (primary N) is 1. The van der Waals surface area contributed by atoms with Crippen LogP contribution in [0.4, 0.5) is 5.69 Å². The molecule has 1 aliphatic rings. The van der Waals surface area contributed by atoms with E-state index in [9.17, 15) is 4.79 Å². The first kappa shape index (κ1) is 11.0. The van der Waals surface area contributed by atoms with Gasteiger partial charge in [-0.1, -0.05) is 6.92 Å². The number of rotatable bonds is 4. The lowest BCUT2D eigenvalue weighted by Gasteiger charge is -2.06. The zero-order valence-corrected chi connectivity index (χ0v) is 9.86. The van der Waals surface area contributed by atoms with E-state index in [1.54, 1.807) is 12.3 Å². The highest BCUT2D eigenvalue weighted by molar-refractivity contribution is 5.93. The summed E-state index contributed by atoms with van der Waals surface area (Å²) in [6.07, 6.45) is 3.03. The monoisotopic (exact) mass is 221 g/mol. The Kier molecular flexibility index (Phi) is 2.90. The van der Waals surface area contributed by atoms with Gasteiger partial charge in [0, 0.05) is 19.3 Å². The maximum atomic E-state index is 11.9. The standard InChI is InChI=1S/C12H19N3O/c1-3-15-7-10(13)5-11(15)12(16)14-6-9-4-8(9)2/h5,7-9H,3-4,6,13H2,1-2H3,(H,14,16). The summed E-state index contributed by atoms with van der Waals surface area (Å²) in [5.41, 5.74) is 6.99. The van der Waals surface area contributed by atoms with Gasteiger partial charge in [0.05, 0.1) is 5.69 Å². The minimum Gasteiger partial charge on any atom is -0.397 e. The summed E-state index contributed by atoms with van der Waals surface area (Å²) in [5.74, 6) is 1.42. The van der Waals surface area contributed by atoms with Crippen LogP contribution in [0.1, 0.15) is 30.8 Å². The van der Waals surface area contributed by atoms with E-state index in [-0.39, 0.29) is 5.91 Å². The van der Waals surface area contributed by atoms with Gasteiger partial charge in [0.25, 0.3) is 5.91 Å². The number of aryl methyl sites for hydroxylation is 1. The SMILES string of the molecule is CCn1cc(N)cc1C(=O)NCC1CC1C. The third-order valence-corrected chi connectivity index (χ3v) is 3.29. The minimum atomic E-state index is -0.0161. The molecular weight excluding hydrogens is 202 g/mol. The average molecular weight is 221 g/mol. The van der Waals surface area contributed by atoms with Crippen LogP contribution in [-0.4, -0.2) is 17.0 Å². The zero-order chi connectivity index (χ0) is 11.7. The van der Waals surface area contributed by atoms with Crippen LogP contribution in [0.3, 0.4) is 0 Å². The summed E-state index contributed by atoms with van der Waals surface area (Å²) >= 11 is 0. The second kappa shape index (κ2) is 4.20. The van der Waals surface area contributed by atoms with Crippen LogP contribution in [0.2, 0.25) is 0 Å². The van der Waals surface area contributed by atoms with Gasteiger partial charge in [-0.25, -0.2) is 0 Å². The zero-order valence-electron chi connectivity index (χ0n) is 9.86. The van der Waals surface area contributed by atoms with Gasteiger partial charge in [-0.15, -0.1) is 0 Å². The Balaban J connectivity index is 1.96. The van der Waals surface area contributed by atoms with Crippen molar-refractivity contribution in [3.8, 4) is 0 Å². The van der Waals surface area contributed by atoms with Gasteiger partial charge in [0.1, 0.15) is 5.69 Å². The molecule has 0 radical (unpaired) electrons. The molecule has 2 unspecified atom stereocenters. The van der Waals surface area contributed by atoms with Crippen LogP contribution in [-0.2, 0) is 6.54 Å². The second-order valence-corrected chi connectivity index (χ2v) is 4.63. The van der Waals surface area contributed by atoms with E-state index in [2.05, 4.69) is 12.2 Å². The highest BCUT2D eigenvalue weighted by atomic mass is 16.1. The number of hydrogen-bond acceptors (Lipinski definition) is 2. The number of hydrogen-bond donors (Lipinski definition) is 2. The molecule has 0 spiro atoms. The van der Waals surface area contributed by atoms with E-state index in [1.165, 1.54) is 6.42 Å². The highest BCUT2D eigenvalue weighted by Crippen LogP contribution is 2.36. The second-order valence-electron chi connectivity index (χ2n) is 4.63. The van der Waals surface area contributed by atoms with Crippen molar-refractivity contribution in [1.82, 2.24) is 9.88 Å². The van der Waals surface area contributed by atoms with Gasteiger partial charge in [-0.2, -0.15) is 0 Å². The number of carbonyl (C=O) groups is 1. The summed E-state index contributed by atoms with van der Waals surface area (Å²) in [5, 5.41) is 2.96. The van der Waals surface area contributed by atoms with Gasteiger partial charge in [0.15, 0.2) is 0 Å². The first-order valence-corrected chi connectivity index (χ1v) is 5.85. The molecule has 1 amide bonds. The van der Waals surface area contributed by atoms with Gasteiger partial charge < -0.3 is 15.6 Å². The largest absolute Gasteiger partial charge is 0.397 e. The number of amides is 1. The van der Waals surface area contributed by atoms with E-state index in [4.69, 9.17) is 5.73 Å². The van der Waals surface area contributed by atoms with E-state index in [0.717, 1.165) is 19.0 Å². The molecule has 3 N–H and O–H groups in total. The summed E-state index contributed by atoms with van der Waals surface area (Å²) in [6.45, 7) is 5.76. The maximum absolute atomic E-state index is 11.9. The van der Waals surface area contributed by atoms with Crippen molar-refractivity contribution < 1.29 is 4.79 Å². The fraction of sp³-hybridized carbons (Fsp3) is 0.583. The lowest BCUT2D eigenvalue weighted by molar-refractivity contribution is 0.0942. The number of anilines is 1. The molecule has 1 aromatic rings. The smallest absolute Gasteiger partial charge is 0.267 e. The van der Waals surface area contributed by atoms with Gasteiger partial charge in [0.2, 0.25) is 0 Å². The summed E-state index contributed by atoms with van der Waals surface area (Å²) in [6, 6.07) is 1.73. The Morgan fingerprint density at radius 3 is 2.94 bits per heavy atom. The van der Waals surface area contributed by atoms with E-state index < -0.39 is 0 Å². The minimum absolute atomic E-state index is 0.0161. The van der Waals surface area contributed by atoms with Crippen LogP contribution in [0.25, 0.3) is 0 Å². The van der Waals surface area contributed by atoms with Gasteiger partial charge >= 0.3 is 0 Å². The Morgan fingerprint density at radius 1 is 1.69 bits per heavy atom. The highest BCUT2D eigenvalue weighted by Gasteiger charge is 2.32.